The number of nitrogens with one attached hydrogen (secondary N) is 2. The molecule has 3 N–H and O–H groups in total. The summed E-state index contributed by atoms with van der Waals surface area (Å²) >= 11 is 0. The zero-order chi connectivity index (χ0) is 20.2. The monoisotopic (exact) mass is 388 g/mol. The Morgan fingerprint density at radius 1 is 1.29 bits per heavy atom. The van der Waals surface area contributed by atoms with Gasteiger partial charge in [-0.2, -0.15) is 0 Å². The van der Waals surface area contributed by atoms with Crippen LogP contribution in [0.15, 0.2) is 42.9 Å². The molecule has 152 valence electrons. The van der Waals surface area contributed by atoms with Crippen molar-refractivity contribution in [3.05, 3.63) is 54.1 Å². The summed E-state index contributed by atoms with van der Waals surface area (Å²) in [6.07, 6.45) is 5.33. The number of hydrogen-bond acceptors (Lipinski definition) is 6. The Kier molecular flexibility index (Phi) is 9.17. The fourth-order valence-corrected chi connectivity index (χ4v) is 2.91. The van der Waals surface area contributed by atoms with Crippen molar-refractivity contribution in [2.75, 3.05) is 33.4 Å². The third-order valence-corrected chi connectivity index (χ3v) is 4.34. The van der Waals surface area contributed by atoms with E-state index in [0.29, 0.717) is 13.0 Å². The number of methoxy groups -OCH3 is 1. The normalized spacial score (nSPS) is 12.0. The molecular weight excluding hydrogens is 360 g/mol. The molecule has 1 aromatic heterocycles. The number of amides is 1. The number of aromatic amines is 1. The molecule has 0 aliphatic carbocycles. The van der Waals surface area contributed by atoms with Crippen molar-refractivity contribution in [3.63, 3.8) is 0 Å². The topological polar surface area (TPSA) is 108 Å². The summed E-state index contributed by atoms with van der Waals surface area (Å²) in [5, 5.41) is 12.3. The van der Waals surface area contributed by atoms with E-state index in [1.807, 2.05) is 18.2 Å². The highest BCUT2D eigenvalue weighted by molar-refractivity contribution is 5.79. The van der Waals surface area contributed by atoms with Gasteiger partial charge in [0.25, 0.3) is 0 Å². The van der Waals surface area contributed by atoms with Gasteiger partial charge in [-0.05, 0) is 24.9 Å². The molecule has 1 aromatic carbocycles. The molecule has 0 spiro atoms. The summed E-state index contributed by atoms with van der Waals surface area (Å²) in [4.78, 5) is 32.7. The van der Waals surface area contributed by atoms with Gasteiger partial charge in [-0.3, -0.25) is 14.5 Å². The lowest BCUT2D eigenvalue weighted by atomic mass is 10.1. The third kappa shape index (κ3) is 7.89. The Balaban J connectivity index is 1.84. The van der Waals surface area contributed by atoms with Gasteiger partial charge in [-0.15, -0.1) is 0 Å². The van der Waals surface area contributed by atoms with Gasteiger partial charge in [0.05, 0.1) is 39.2 Å². The quantitative estimate of drug-likeness (QED) is 0.458. The van der Waals surface area contributed by atoms with Crippen molar-refractivity contribution in [1.82, 2.24) is 20.2 Å². The van der Waals surface area contributed by atoms with Gasteiger partial charge in [0.15, 0.2) is 0 Å². The van der Waals surface area contributed by atoms with Crippen molar-refractivity contribution >= 4 is 11.9 Å². The summed E-state index contributed by atoms with van der Waals surface area (Å²) in [5.74, 6) is -0.633. The van der Waals surface area contributed by atoms with E-state index in [2.05, 4.69) is 27.4 Å². The van der Waals surface area contributed by atoms with Gasteiger partial charge in [0.1, 0.15) is 0 Å². The highest BCUT2D eigenvalue weighted by Crippen LogP contribution is 2.04. The number of carbonyl (C=O) groups excluding carboxylic acids is 2. The molecule has 2 aromatic rings. The molecule has 8 nitrogen and oxygen atoms in total. The number of hydrogen-bond donors (Lipinski definition) is 3. The van der Waals surface area contributed by atoms with Crippen molar-refractivity contribution < 1.29 is 19.4 Å². The van der Waals surface area contributed by atoms with Crippen LogP contribution in [0.25, 0.3) is 0 Å². The molecule has 0 radical (unpaired) electrons. The second-order valence-corrected chi connectivity index (χ2v) is 6.60. The standard InChI is InChI=1S/C20H28N4O4/c1-28-20(27)13-24(9-5-8-16-6-3-2-4-7-16)12-19(26)23-18(14-25)10-17-11-21-15-22-17/h2-4,6-7,11,15,18,25H,5,8-10,12-14H2,1H3,(H,21,22)(H,23,26). The summed E-state index contributed by atoms with van der Waals surface area (Å²) in [7, 11) is 1.33. The van der Waals surface area contributed by atoms with Crippen LogP contribution >= 0.6 is 0 Å². The van der Waals surface area contributed by atoms with E-state index < -0.39 is 6.04 Å². The summed E-state index contributed by atoms with van der Waals surface area (Å²) < 4.78 is 4.74. The Labute approximate surface area is 164 Å². The van der Waals surface area contributed by atoms with Crippen LogP contribution in [-0.2, 0) is 27.2 Å². The molecule has 1 unspecified atom stereocenters. The van der Waals surface area contributed by atoms with E-state index >= 15 is 0 Å². The minimum Gasteiger partial charge on any atom is -0.468 e. The number of nitrogens with zero attached hydrogens (tertiary/aromatic N) is 2. The van der Waals surface area contributed by atoms with E-state index in [1.54, 1.807) is 17.4 Å². The average Bonchev–Trinajstić information content (AvgIpc) is 3.21. The minimum atomic E-state index is -0.419. The number of aryl methyl sites for hydroxylation is 1. The number of benzene rings is 1. The van der Waals surface area contributed by atoms with Crippen molar-refractivity contribution in [2.24, 2.45) is 0 Å². The van der Waals surface area contributed by atoms with E-state index in [-0.39, 0.29) is 31.6 Å². The average molecular weight is 388 g/mol. The molecule has 1 atom stereocenters. The molecule has 8 heteroatoms. The smallest absolute Gasteiger partial charge is 0.319 e. The molecule has 0 fully saturated rings. The largest absolute Gasteiger partial charge is 0.468 e. The zero-order valence-electron chi connectivity index (χ0n) is 16.1. The number of aliphatic hydroxyl groups excluding tert-OH is 1. The number of aliphatic hydroxyl groups is 1. The summed E-state index contributed by atoms with van der Waals surface area (Å²) in [5.41, 5.74) is 2.04. The SMILES string of the molecule is COC(=O)CN(CCCc1ccccc1)CC(=O)NC(CO)Cc1cnc[nH]1. The fraction of sp³-hybridized carbons (Fsp3) is 0.450. The summed E-state index contributed by atoms with van der Waals surface area (Å²) in [6.45, 7) is 0.504. The van der Waals surface area contributed by atoms with Crippen LogP contribution in [0.1, 0.15) is 17.7 Å². The lowest BCUT2D eigenvalue weighted by Gasteiger charge is -2.22. The Hall–Kier alpha value is -2.71. The molecule has 0 bridgehead atoms. The number of carbonyl (C=O) groups is 2. The first-order valence-corrected chi connectivity index (χ1v) is 9.31. The van der Waals surface area contributed by atoms with E-state index in [9.17, 15) is 14.7 Å². The number of imidazole rings is 1. The van der Waals surface area contributed by atoms with Gasteiger partial charge in [-0.1, -0.05) is 30.3 Å². The molecule has 1 heterocycles. The van der Waals surface area contributed by atoms with Crippen molar-refractivity contribution in [1.29, 1.82) is 0 Å². The molecule has 0 saturated carbocycles. The van der Waals surface area contributed by atoms with Crippen LogP contribution in [-0.4, -0.2) is 71.2 Å². The fourth-order valence-electron chi connectivity index (χ4n) is 2.91. The third-order valence-electron chi connectivity index (χ3n) is 4.34. The van der Waals surface area contributed by atoms with Crippen LogP contribution in [0.5, 0.6) is 0 Å². The molecular formula is C20H28N4O4. The number of esters is 1. The Morgan fingerprint density at radius 3 is 2.71 bits per heavy atom. The van der Waals surface area contributed by atoms with Crippen LogP contribution in [0.4, 0.5) is 0 Å². The second kappa shape index (κ2) is 11.9. The van der Waals surface area contributed by atoms with Crippen LogP contribution in [0.2, 0.25) is 0 Å². The van der Waals surface area contributed by atoms with Gasteiger partial charge < -0.3 is 20.1 Å². The second-order valence-electron chi connectivity index (χ2n) is 6.60. The van der Waals surface area contributed by atoms with Crippen LogP contribution < -0.4 is 5.32 Å². The highest BCUT2D eigenvalue weighted by atomic mass is 16.5. The predicted octanol–water partition coefficient (Wildman–Crippen LogP) is 0.537. The molecule has 0 aliphatic rings. The maximum absolute atomic E-state index is 12.4. The Bertz CT molecular complexity index is 706. The van der Waals surface area contributed by atoms with Gasteiger partial charge in [0, 0.05) is 18.3 Å². The van der Waals surface area contributed by atoms with Crippen LogP contribution in [0, 0.1) is 0 Å². The number of H-pyrrole nitrogens is 1. The predicted molar refractivity (Wildman–Crippen MR) is 105 cm³/mol. The van der Waals surface area contributed by atoms with E-state index in [4.69, 9.17) is 4.74 Å². The summed E-state index contributed by atoms with van der Waals surface area (Å²) in [6, 6.07) is 9.64. The molecule has 0 saturated heterocycles. The van der Waals surface area contributed by atoms with Crippen molar-refractivity contribution in [2.45, 2.75) is 25.3 Å². The number of ether oxygens (including phenoxy) is 1. The first-order chi connectivity index (χ1) is 13.6. The number of rotatable bonds is 12. The minimum absolute atomic E-state index is 0.0447. The molecule has 1 amide bonds. The first kappa shape index (κ1) is 21.6. The van der Waals surface area contributed by atoms with Gasteiger partial charge in [0.2, 0.25) is 5.91 Å². The van der Waals surface area contributed by atoms with E-state index in [0.717, 1.165) is 18.5 Å². The van der Waals surface area contributed by atoms with Crippen LogP contribution in [0.3, 0.4) is 0 Å². The maximum Gasteiger partial charge on any atom is 0.319 e. The lowest BCUT2D eigenvalue weighted by Crippen LogP contribution is -2.46. The van der Waals surface area contributed by atoms with Gasteiger partial charge >= 0.3 is 5.97 Å². The first-order valence-electron chi connectivity index (χ1n) is 9.31. The number of aromatic nitrogens is 2. The highest BCUT2D eigenvalue weighted by Gasteiger charge is 2.18. The maximum atomic E-state index is 12.4. The molecule has 28 heavy (non-hydrogen) atoms. The zero-order valence-corrected chi connectivity index (χ0v) is 16.1. The lowest BCUT2D eigenvalue weighted by molar-refractivity contribution is -0.142. The molecule has 2 rings (SSSR count). The molecule has 0 aliphatic heterocycles. The van der Waals surface area contributed by atoms with Crippen molar-refractivity contribution in [3.8, 4) is 0 Å². The Morgan fingerprint density at radius 2 is 2.07 bits per heavy atom. The van der Waals surface area contributed by atoms with E-state index in [1.165, 1.54) is 12.7 Å². The van der Waals surface area contributed by atoms with Gasteiger partial charge in [-0.25, -0.2) is 4.98 Å².